The maximum Gasteiger partial charge on any atom is 0.333 e. The second-order valence-corrected chi connectivity index (χ2v) is 25.0. The number of fused-ring (bicyclic) bond motifs is 8. The van der Waals surface area contributed by atoms with Gasteiger partial charge in [0.2, 0.25) is 11.8 Å². The van der Waals surface area contributed by atoms with Crippen molar-refractivity contribution in [1.29, 1.82) is 0 Å². The van der Waals surface area contributed by atoms with Crippen LogP contribution >= 0.6 is 0 Å². The minimum atomic E-state index is -0.878. The highest BCUT2D eigenvalue weighted by Crippen LogP contribution is 2.43. The van der Waals surface area contributed by atoms with Gasteiger partial charge in [-0.05, 0) is 130 Å². The van der Waals surface area contributed by atoms with Crippen molar-refractivity contribution in [1.82, 2.24) is 15.8 Å². The molecule has 0 aliphatic carbocycles. The highest BCUT2D eigenvalue weighted by atomic mass is 16.7. The van der Waals surface area contributed by atoms with Gasteiger partial charge in [-0.15, -0.1) is 5.06 Å². The van der Waals surface area contributed by atoms with Crippen LogP contribution in [0.3, 0.4) is 0 Å². The topological polar surface area (TPSA) is 258 Å². The fourth-order valence-corrected chi connectivity index (χ4v) is 12.1. The Kier molecular flexibility index (Phi) is 20.0. The number of aliphatic imine (C=N–C) groups is 2. The number of amides is 6. The molecule has 6 aromatic rings. The maximum atomic E-state index is 14.2. The summed E-state index contributed by atoms with van der Waals surface area (Å²) in [5, 5.41) is 11.5. The average molecular weight is 1280 g/mol. The molecule has 6 amide bonds. The zero-order valence-corrected chi connectivity index (χ0v) is 53.7. The number of carbonyl (C=O) groups is 7. The number of hydrogen-bond donors (Lipinski definition) is 3. The Morgan fingerprint density at radius 3 is 1.72 bits per heavy atom. The summed E-state index contributed by atoms with van der Waals surface area (Å²) in [7, 11) is 3.09. The molecule has 0 aromatic heterocycles. The molecule has 11 rings (SSSR count). The van der Waals surface area contributed by atoms with Crippen molar-refractivity contribution >= 4 is 88.0 Å². The number of benzene rings is 6. The number of para-hydroxylation sites is 2. The number of hydrogen-bond acceptors (Lipinski definition) is 17. The molecule has 2 atom stereocenters. The zero-order chi connectivity index (χ0) is 66.1. The summed E-state index contributed by atoms with van der Waals surface area (Å²) >= 11 is 0. The van der Waals surface area contributed by atoms with Crippen molar-refractivity contribution in [3.8, 4) is 23.0 Å². The van der Waals surface area contributed by atoms with Crippen LogP contribution in [-0.2, 0) is 59.6 Å². The molecular weight excluding hydrogens is 1200 g/mol. The largest absolute Gasteiger partial charge is 0.493 e. The second-order valence-electron chi connectivity index (χ2n) is 25.0. The molecule has 5 heterocycles. The van der Waals surface area contributed by atoms with E-state index < -0.39 is 34.8 Å². The molecule has 0 saturated carbocycles. The molecule has 0 spiro atoms. The van der Waals surface area contributed by atoms with Crippen LogP contribution in [0, 0.1) is 0 Å². The summed E-state index contributed by atoms with van der Waals surface area (Å²) in [6.45, 7) is 9.16. The Balaban J connectivity index is 0.703. The van der Waals surface area contributed by atoms with E-state index in [1.807, 2.05) is 123 Å². The van der Waals surface area contributed by atoms with Crippen LogP contribution in [0.5, 0.6) is 23.0 Å². The lowest BCUT2D eigenvalue weighted by molar-refractivity contribution is -0.197. The van der Waals surface area contributed by atoms with Gasteiger partial charge in [0.1, 0.15) is 13.2 Å². The standard InChI is InChI=1S/C72H77N9O13/c1-71(2,29-31-93-72(3,4)28-27-64(82)73-30-15-14-20-55(47-16-8-7-9-17-47)77-78-65(83)23-26-68(86)94-81-66(84)24-25-67(81)85)76-50-33-45(43-91-62-39-56-53(37-60(62)89-5)69(87)79-51(41-74-56)35-48-18-10-12-21-58(48)79)32-46(34-50)44-92-63-40-57-54(38-61(63)90-6)70(88)80-52(42-75-57)36-49-19-11-13-22-59(49)80/h7-13,16-19,21-22,32-34,37-42,51-52,76H,14-15,20,23-31,35-36,43-44H2,1-6H3,(H,73,82)(H,78,83)/b77-55-/t51-,52-/m0/s1. The first-order valence-electron chi connectivity index (χ1n) is 31.7. The van der Waals surface area contributed by atoms with E-state index in [-0.39, 0.29) is 75.1 Å². The summed E-state index contributed by atoms with van der Waals surface area (Å²) in [5.41, 5.74) is 10.9. The molecule has 488 valence electrons. The molecule has 22 nitrogen and oxygen atoms in total. The number of carbonyl (C=O) groups excluding carboxylic acids is 7. The first-order valence-corrected chi connectivity index (χ1v) is 31.7. The number of hydroxylamine groups is 2. The van der Waals surface area contributed by atoms with Crippen LogP contribution in [-0.4, -0.2) is 115 Å². The van der Waals surface area contributed by atoms with Crippen LogP contribution in [0.4, 0.5) is 28.4 Å². The molecular formula is C72H77N9O13. The molecule has 1 saturated heterocycles. The number of imide groups is 1. The van der Waals surface area contributed by atoms with Crippen molar-refractivity contribution in [2.75, 3.05) is 42.5 Å². The third-order valence-electron chi connectivity index (χ3n) is 17.1. The lowest BCUT2D eigenvalue weighted by Gasteiger charge is -2.31. The number of hydrazone groups is 1. The Morgan fingerprint density at radius 2 is 1.16 bits per heavy atom. The van der Waals surface area contributed by atoms with Gasteiger partial charge in [-0.1, -0.05) is 66.7 Å². The quantitative estimate of drug-likeness (QED) is 0.0179. The molecule has 0 bridgehead atoms. The maximum absolute atomic E-state index is 14.2. The minimum absolute atomic E-state index is 0.0297. The van der Waals surface area contributed by atoms with Gasteiger partial charge < -0.3 is 39.2 Å². The minimum Gasteiger partial charge on any atom is -0.493 e. The Labute approximate surface area is 545 Å². The summed E-state index contributed by atoms with van der Waals surface area (Å²) in [6.07, 6.45) is 7.43. The molecule has 0 radical (unpaired) electrons. The second kappa shape index (κ2) is 28.7. The van der Waals surface area contributed by atoms with E-state index in [2.05, 4.69) is 35.0 Å². The fourth-order valence-electron chi connectivity index (χ4n) is 12.1. The number of anilines is 3. The normalized spacial score (nSPS) is 16.3. The van der Waals surface area contributed by atoms with E-state index >= 15 is 0 Å². The Bertz CT molecular complexity index is 3820. The van der Waals surface area contributed by atoms with Crippen molar-refractivity contribution in [3.05, 3.63) is 160 Å². The Hall–Kier alpha value is -10.2. The third-order valence-corrected chi connectivity index (χ3v) is 17.1. The van der Waals surface area contributed by atoms with Gasteiger partial charge in [-0.3, -0.25) is 48.6 Å². The van der Waals surface area contributed by atoms with Crippen LogP contribution in [0.1, 0.15) is 140 Å². The monoisotopic (exact) mass is 1280 g/mol. The van der Waals surface area contributed by atoms with Crippen molar-refractivity contribution in [2.24, 2.45) is 15.1 Å². The van der Waals surface area contributed by atoms with Gasteiger partial charge in [0.05, 0.1) is 66.5 Å². The average Bonchev–Trinajstić information content (AvgIpc) is 1.60. The zero-order valence-electron chi connectivity index (χ0n) is 53.7. The molecule has 5 aliphatic heterocycles. The van der Waals surface area contributed by atoms with Crippen molar-refractivity contribution in [3.63, 3.8) is 0 Å². The van der Waals surface area contributed by atoms with Crippen molar-refractivity contribution in [2.45, 2.75) is 141 Å². The molecule has 3 N–H and O–H groups in total. The van der Waals surface area contributed by atoms with Crippen LogP contribution < -0.4 is 44.8 Å². The number of nitrogens with one attached hydrogen (secondary N) is 3. The number of unbranched alkanes of at least 4 members (excludes halogenated alkanes) is 1. The van der Waals surface area contributed by atoms with Crippen LogP contribution in [0.2, 0.25) is 0 Å². The number of nitrogens with zero attached hydrogens (tertiary/aromatic N) is 6. The predicted octanol–water partition coefficient (Wildman–Crippen LogP) is 10.8. The van der Waals surface area contributed by atoms with Crippen LogP contribution in [0.25, 0.3) is 0 Å². The molecule has 1 fully saturated rings. The molecule has 5 aliphatic rings. The third kappa shape index (κ3) is 15.5. The molecule has 22 heteroatoms. The molecule has 94 heavy (non-hydrogen) atoms. The van der Waals surface area contributed by atoms with Crippen molar-refractivity contribution < 1.29 is 62.1 Å². The predicted molar refractivity (Wildman–Crippen MR) is 355 cm³/mol. The number of methoxy groups -OCH3 is 2. The van der Waals surface area contributed by atoms with E-state index in [1.54, 1.807) is 48.3 Å². The van der Waals surface area contributed by atoms with E-state index in [0.717, 1.165) is 44.9 Å². The molecule has 0 unspecified atom stereocenters. The smallest absolute Gasteiger partial charge is 0.333 e. The first-order chi connectivity index (χ1) is 45.3. The van der Waals surface area contributed by atoms with Gasteiger partial charge in [-0.2, -0.15) is 5.10 Å². The molecule has 6 aromatic carbocycles. The summed E-state index contributed by atoms with van der Waals surface area (Å²) in [4.78, 5) is 108. The number of rotatable bonds is 28. The SMILES string of the molecule is COc1cc2c(cc1OCc1cc(COc3cc4c(cc3OC)C(=O)N3c5ccccc5C[C@H]3C=N4)cc(NC(C)(C)CCOC(C)(C)CCC(=O)NCCCC/C(=N/NC(=O)CCC(=O)ON3C(=O)CCC3=O)c3ccccc3)c1)N=C[C@@H]1Cc3ccccc3N1C2=O. The summed E-state index contributed by atoms with van der Waals surface area (Å²) < 4.78 is 31.3. The van der Waals surface area contributed by atoms with E-state index in [0.29, 0.717) is 114 Å². The lowest BCUT2D eigenvalue weighted by Crippen LogP contribution is -2.37. The van der Waals surface area contributed by atoms with Gasteiger partial charge >= 0.3 is 5.97 Å². The first kappa shape index (κ1) is 65.3. The van der Waals surface area contributed by atoms with Gasteiger partial charge in [0, 0.05) is 98.8 Å². The van der Waals surface area contributed by atoms with Gasteiger partial charge in [-0.25, -0.2) is 10.2 Å². The van der Waals surface area contributed by atoms with E-state index in [1.165, 1.54) is 0 Å². The fraction of sp³-hybridized carbons (Fsp3) is 0.361. The van der Waals surface area contributed by atoms with Crippen LogP contribution in [0.15, 0.2) is 136 Å². The highest BCUT2D eigenvalue weighted by Gasteiger charge is 2.39. The van der Waals surface area contributed by atoms with E-state index in [4.69, 9.17) is 38.5 Å². The summed E-state index contributed by atoms with van der Waals surface area (Å²) in [6, 6.07) is 37.6. The lowest BCUT2D eigenvalue weighted by atomic mass is 9.98. The van der Waals surface area contributed by atoms with E-state index in [9.17, 15) is 33.6 Å². The Morgan fingerprint density at radius 1 is 0.606 bits per heavy atom. The van der Waals surface area contributed by atoms with Gasteiger partial charge in [0.15, 0.2) is 23.0 Å². The number of ether oxygens (including phenoxy) is 5. The van der Waals surface area contributed by atoms with Gasteiger partial charge in [0.25, 0.3) is 23.6 Å². The summed E-state index contributed by atoms with van der Waals surface area (Å²) in [5.74, 6) is -1.46. The highest BCUT2D eigenvalue weighted by molar-refractivity contribution is 6.16.